The second-order valence-corrected chi connectivity index (χ2v) is 9.45. The van der Waals surface area contributed by atoms with E-state index in [1.807, 2.05) is 0 Å². The molecule has 6 rings (SSSR count). The standard InChI is InChI=1S/C31H30N2/c1-5-13-22(14-6-1)28-26-21-27(30(32-28)24-17-9-3-10-18-24)31(25-19-11-4-12-20-25)33-29(26)23-15-7-2-8-16-23/h1-20,26-33H,21H2/t26?,27?,28-,29-,30+,31+. The van der Waals surface area contributed by atoms with Gasteiger partial charge >= 0.3 is 0 Å². The molecule has 4 aromatic carbocycles. The average molecular weight is 431 g/mol. The van der Waals surface area contributed by atoms with Crippen molar-refractivity contribution < 1.29 is 0 Å². The van der Waals surface area contributed by atoms with E-state index in [0.29, 0.717) is 36.0 Å². The molecule has 2 heteroatoms. The molecule has 2 saturated heterocycles. The molecule has 2 fully saturated rings. The summed E-state index contributed by atoms with van der Waals surface area (Å²) < 4.78 is 0. The van der Waals surface area contributed by atoms with Gasteiger partial charge in [0.15, 0.2) is 0 Å². The van der Waals surface area contributed by atoms with Crippen molar-refractivity contribution in [3.8, 4) is 0 Å². The number of benzene rings is 4. The molecule has 2 aliphatic heterocycles. The maximum Gasteiger partial charge on any atom is 0.0372 e. The monoisotopic (exact) mass is 430 g/mol. The highest BCUT2D eigenvalue weighted by atomic mass is 15.1. The minimum atomic E-state index is 0.294. The molecule has 2 bridgehead atoms. The largest absolute Gasteiger partial charge is 0.302 e. The van der Waals surface area contributed by atoms with Crippen LogP contribution in [0.15, 0.2) is 121 Å². The smallest absolute Gasteiger partial charge is 0.0372 e. The number of piperidine rings is 2. The van der Waals surface area contributed by atoms with Crippen LogP contribution < -0.4 is 10.6 Å². The third-order valence-electron chi connectivity index (χ3n) is 7.61. The summed E-state index contributed by atoms with van der Waals surface area (Å²) in [6.45, 7) is 0. The lowest BCUT2D eigenvalue weighted by atomic mass is 9.65. The molecular weight excluding hydrogens is 400 g/mol. The van der Waals surface area contributed by atoms with Crippen LogP contribution in [0.25, 0.3) is 0 Å². The second-order valence-electron chi connectivity index (χ2n) is 9.45. The Hall–Kier alpha value is -3.20. The highest BCUT2D eigenvalue weighted by Crippen LogP contribution is 2.53. The zero-order chi connectivity index (χ0) is 22.0. The third kappa shape index (κ3) is 3.90. The van der Waals surface area contributed by atoms with Crippen molar-refractivity contribution in [3.05, 3.63) is 144 Å². The lowest BCUT2D eigenvalue weighted by molar-refractivity contribution is 0.0453. The first-order chi connectivity index (χ1) is 16.4. The zero-order valence-electron chi connectivity index (χ0n) is 18.7. The summed E-state index contributed by atoms with van der Waals surface area (Å²) in [7, 11) is 0. The van der Waals surface area contributed by atoms with Crippen LogP contribution in [0.2, 0.25) is 0 Å². The van der Waals surface area contributed by atoms with Crippen LogP contribution in [0.1, 0.15) is 52.8 Å². The predicted octanol–water partition coefficient (Wildman–Crippen LogP) is 6.78. The van der Waals surface area contributed by atoms with Gasteiger partial charge in [0.2, 0.25) is 0 Å². The maximum atomic E-state index is 4.15. The Morgan fingerprint density at radius 3 is 0.848 bits per heavy atom. The van der Waals surface area contributed by atoms with Crippen molar-refractivity contribution >= 4 is 0 Å². The van der Waals surface area contributed by atoms with E-state index in [2.05, 4.69) is 132 Å². The van der Waals surface area contributed by atoms with Gasteiger partial charge in [-0.05, 0) is 40.5 Å². The van der Waals surface area contributed by atoms with Crippen LogP contribution >= 0.6 is 0 Å². The van der Waals surface area contributed by atoms with E-state index < -0.39 is 0 Å². The fourth-order valence-corrected chi connectivity index (χ4v) is 6.14. The fourth-order valence-electron chi connectivity index (χ4n) is 6.14. The van der Waals surface area contributed by atoms with Gasteiger partial charge in [-0.25, -0.2) is 0 Å². The molecule has 0 spiro atoms. The summed E-state index contributed by atoms with van der Waals surface area (Å²) in [5.74, 6) is 0.944. The Morgan fingerprint density at radius 1 is 0.364 bits per heavy atom. The number of rotatable bonds is 4. The SMILES string of the molecule is c1ccc([C@H]2N[C@@H](c3ccccc3)C3CC2[C@@H](c2ccccc2)N[C@H]3c2ccccc2)cc1. The van der Waals surface area contributed by atoms with Gasteiger partial charge in [-0.15, -0.1) is 0 Å². The molecule has 2 N–H and O–H groups in total. The number of nitrogens with one attached hydrogen (secondary N) is 2. The molecule has 0 saturated carbocycles. The van der Waals surface area contributed by atoms with Crippen LogP contribution in [0.3, 0.4) is 0 Å². The molecule has 2 nitrogen and oxygen atoms in total. The summed E-state index contributed by atoms with van der Waals surface area (Å²) in [5.41, 5.74) is 5.51. The summed E-state index contributed by atoms with van der Waals surface area (Å²) in [4.78, 5) is 0. The van der Waals surface area contributed by atoms with Crippen molar-refractivity contribution in [2.24, 2.45) is 11.8 Å². The summed E-state index contributed by atoms with van der Waals surface area (Å²) >= 11 is 0. The van der Waals surface area contributed by atoms with E-state index in [-0.39, 0.29) is 0 Å². The van der Waals surface area contributed by atoms with Gasteiger partial charge in [-0.3, -0.25) is 0 Å². The van der Waals surface area contributed by atoms with Crippen LogP contribution in [0.5, 0.6) is 0 Å². The Morgan fingerprint density at radius 2 is 0.606 bits per heavy atom. The first kappa shape index (κ1) is 20.4. The Labute approximate surface area is 196 Å². The molecule has 0 aliphatic carbocycles. The summed E-state index contributed by atoms with van der Waals surface area (Å²) in [6.07, 6.45) is 1.18. The topological polar surface area (TPSA) is 24.1 Å². The Kier molecular flexibility index (Phi) is 5.55. The van der Waals surface area contributed by atoms with Crippen molar-refractivity contribution in [2.75, 3.05) is 0 Å². The van der Waals surface area contributed by atoms with E-state index >= 15 is 0 Å². The minimum absolute atomic E-state index is 0.294. The van der Waals surface area contributed by atoms with Gasteiger partial charge in [0, 0.05) is 24.2 Å². The van der Waals surface area contributed by atoms with Crippen LogP contribution in [0, 0.1) is 11.8 Å². The van der Waals surface area contributed by atoms with E-state index in [4.69, 9.17) is 0 Å². The molecule has 4 aromatic rings. The van der Waals surface area contributed by atoms with Crippen LogP contribution in [-0.2, 0) is 0 Å². The maximum absolute atomic E-state index is 4.15. The first-order valence-corrected chi connectivity index (χ1v) is 12.1. The lowest BCUT2D eigenvalue weighted by Crippen LogP contribution is -2.55. The van der Waals surface area contributed by atoms with E-state index in [9.17, 15) is 0 Å². The van der Waals surface area contributed by atoms with Crippen LogP contribution in [0.4, 0.5) is 0 Å². The van der Waals surface area contributed by atoms with Crippen molar-refractivity contribution in [2.45, 2.75) is 30.6 Å². The predicted molar refractivity (Wildman–Crippen MR) is 135 cm³/mol. The van der Waals surface area contributed by atoms with E-state index in [1.54, 1.807) is 0 Å². The summed E-state index contributed by atoms with van der Waals surface area (Å²) in [6, 6.07) is 45.2. The van der Waals surface area contributed by atoms with E-state index in [1.165, 1.54) is 28.7 Å². The van der Waals surface area contributed by atoms with Crippen LogP contribution in [-0.4, -0.2) is 0 Å². The highest BCUT2D eigenvalue weighted by molar-refractivity contribution is 5.33. The number of hydrogen-bond acceptors (Lipinski definition) is 2. The average Bonchev–Trinajstić information content (AvgIpc) is 2.91. The molecule has 0 radical (unpaired) electrons. The zero-order valence-corrected chi connectivity index (χ0v) is 18.7. The molecular formula is C31H30N2. The molecule has 2 heterocycles. The molecule has 33 heavy (non-hydrogen) atoms. The molecule has 0 amide bonds. The van der Waals surface area contributed by atoms with Gasteiger partial charge in [0.25, 0.3) is 0 Å². The van der Waals surface area contributed by atoms with Gasteiger partial charge < -0.3 is 10.6 Å². The van der Waals surface area contributed by atoms with Gasteiger partial charge in [0.1, 0.15) is 0 Å². The lowest BCUT2D eigenvalue weighted by Gasteiger charge is -2.54. The van der Waals surface area contributed by atoms with Gasteiger partial charge in [-0.1, -0.05) is 121 Å². The second kappa shape index (κ2) is 8.97. The third-order valence-corrected chi connectivity index (χ3v) is 7.61. The first-order valence-electron chi connectivity index (χ1n) is 12.1. The van der Waals surface area contributed by atoms with Crippen molar-refractivity contribution in [3.63, 3.8) is 0 Å². The number of hydrogen-bond donors (Lipinski definition) is 2. The Balaban J connectivity index is 1.47. The van der Waals surface area contributed by atoms with Gasteiger partial charge in [-0.2, -0.15) is 0 Å². The number of fused-ring (bicyclic) bond motifs is 2. The molecule has 0 unspecified atom stereocenters. The Bertz CT molecular complexity index is 975. The molecule has 4 atom stereocenters. The van der Waals surface area contributed by atoms with E-state index in [0.717, 1.165) is 0 Å². The van der Waals surface area contributed by atoms with Crippen molar-refractivity contribution in [1.29, 1.82) is 0 Å². The van der Waals surface area contributed by atoms with Crippen molar-refractivity contribution in [1.82, 2.24) is 10.6 Å². The quantitative estimate of drug-likeness (QED) is 0.373. The van der Waals surface area contributed by atoms with Gasteiger partial charge in [0.05, 0.1) is 0 Å². The molecule has 2 aliphatic rings. The molecule has 0 aromatic heterocycles. The summed E-state index contributed by atoms with van der Waals surface area (Å²) in [5, 5.41) is 8.30. The fraction of sp³-hybridized carbons (Fsp3) is 0.226. The highest BCUT2D eigenvalue weighted by Gasteiger charge is 2.49. The normalized spacial score (nSPS) is 28.8. The molecule has 164 valence electrons. The minimum Gasteiger partial charge on any atom is -0.302 e.